The number of aromatic nitrogens is 2. The summed E-state index contributed by atoms with van der Waals surface area (Å²) < 4.78 is 18.6. The lowest BCUT2D eigenvalue weighted by Crippen LogP contribution is -2.31. The van der Waals surface area contributed by atoms with Crippen LogP contribution in [-0.4, -0.2) is 60.0 Å². The van der Waals surface area contributed by atoms with Crippen LogP contribution in [0.1, 0.15) is 37.7 Å². The molecule has 8 nitrogen and oxygen atoms in total. The van der Waals surface area contributed by atoms with E-state index in [2.05, 4.69) is 15.3 Å². The van der Waals surface area contributed by atoms with E-state index in [9.17, 15) is 14.0 Å². The van der Waals surface area contributed by atoms with Gasteiger partial charge >= 0.3 is 0 Å². The third-order valence-corrected chi connectivity index (χ3v) is 5.07. The number of hydrogen-bond donors (Lipinski definition) is 1. The van der Waals surface area contributed by atoms with E-state index in [1.165, 1.54) is 17.0 Å². The van der Waals surface area contributed by atoms with E-state index >= 15 is 0 Å². The zero-order chi connectivity index (χ0) is 22.5. The molecule has 0 saturated carbocycles. The zero-order valence-electron chi connectivity index (χ0n) is 18.3. The van der Waals surface area contributed by atoms with Crippen molar-refractivity contribution in [3.05, 3.63) is 47.7 Å². The summed E-state index contributed by atoms with van der Waals surface area (Å²) in [5.74, 6) is 0.426. The molecule has 9 heteroatoms. The van der Waals surface area contributed by atoms with Gasteiger partial charge < -0.3 is 19.9 Å². The van der Waals surface area contributed by atoms with Crippen LogP contribution in [0, 0.1) is 5.82 Å². The van der Waals surface area contributed by atoms with Gasteiger partial charge in [-0.3, -0.25) is 9.59 Å². The summed E-state index contributed by atoms with van der Waals surface area (Å²) in [6.45, 7) is 4.41. The van der Waals surface area contributed by atoms with E-state index in [4.69, 9.17) is 4.74 Å². The molecule has 1 aliphatic heterocycles. The molecule has 1 aromatic heterocycles. The molecule has 2 heterocycles. The number of hydrogen-bond acceptors (Lipinski definition) is 6. The first-order valence-corrected chi connectivity index (χ1v) is 10.2. The number of carbonyl (C=O) groups is 2. The molecule has 1 aromatic carbocycles. The van der Waals surface area contributed by atoms with Gasteiger partial charge in [0, 0.05) is 44.7 Å². The second kappa shape index (κ2) is 9.82. The van der Waals surface area contributed by atoms with E-state index in [1.54, 1.807) is 31.1 Å². The van der Waals surface area contributed by atoms with Crippen LogP contribution in [0.2, 0.25) is 0 Å². The lowest BCUT2D eigenvalue weighted by atomic mass is 10.0. The Balaban J connectivity index is 1.75. The first-order chi connectivity index (χ1) is 14.8. The van der Waals surface area contributed by atoms with Gasteiger partial charge in [0.15, 0.2) is 0 Å². The van der Waals surface area contributed by atoms with Crippen molar-refractivity contribution >= 4 is 23.3 Å². The van der Waals surface area contributed by atoms with Gasteiger partial charge in [-0.05, 0) is 38.1 Å². The van der Waals surface area contributed by atoms with Gasteiger partial charge in [0.1, 0.15) is 24.1 Å². The molecule has 1 fully saturated rings. The van der Waals surface area contributed by atoms with Crippen molar-refractivity contribution in [2.45, 2.75) is 38.8 Å². The van der Waals surface area contributed by atoms with Crippen LogP contribution < -0.4 is 10.2 Å². The number of nitrogens with one attached hydrogen (secondary N) is 1. The summed E-state index contributed by atoms with van der Waals surface area (Å²) in [6.07, 6.45) is 0.269. The molecule has 166 valence electrons. The Morgan fingerprint density at radius 1 is 1.32 bits per heavy atom. The number of rotatable bonds is 8. The van der Waals surface area contributed by atoms with Gasteiger partial charge in [-0.25, -0.2) is 14.4 Å². The number of nitrogens with zero attached hydrogens (tertiary/aromatic N) is 4. The zero-order valence-corrected chi connectivity index (χ0v) is 18.3. The lowest BCUT2D eigenvalue weighted by molar-refractivity contribution is -0.136. The molecule has 1 aliphatic rings. The summed E-state index contributed by atoms with van der Waals surface area (Å²) in [5, 5.41) is 3.01. The predicted octanol–water partition coefficient (Wildman–Crippen LogP) is 2.56. The van der Waals surface area contributed by atoms with E-state index in [1.807, 2.05) is 19.9 Å². The molecular weight excluding hydrogens is 401 g/mol. The van der Waals surface area contributed by atoms with E-state index < -0.39 is 0 Å². The summed E-state index contributed by atoms with van der Waals surface area (Å²) in [6, 6.07) is 7.69. The fourth-order valence-corrected chi connectivity index (χ4v) is 3.35. The summed E-state index contributed by atoms with van der Waals surface area (Å²) >= 11 is 0. The summed E-state index contributed by atoms with van der Waals surface area (Å²) in [7, 11) is 3.43. The Bertz CT molecular complexity index is 935. The second-order valence-corrected chi connectivity index (χ2v) is 7.84. The number of likely N-dealkylation sites (N-methyl/N-ethyl adjacent to an activating group) is 1. The molecule has 0 bridgehead atoms. The summed E-state index contributed by atoms with van der Waals surface area (Å²) in [5.41, 5.74) is 1.39. The molecule has 2 amide bonds. The third kappa shape index (κ3) is 5.75. The van der Waals surface area contributed by atoms with Crippen LogP contribution in [0.25, 0.3) is 0 Å². The van der Waals surface area contributed by atoms with Crippen molar-refractivity contribution in [3.8, 4) is 0 Å². The number of benzene rings is 1. The minimum Gasteiger partial charge on any atom is -0.373 e. The Kier molecular flexibility index (Phi) is 7.17. The quantitative estimate of drug-likeness (QED) is 0.694. The number of amides is 2. The Hall–Kier alpha value is -3.07. The van der Waals surface area contributed by atoms with E-state index in [-0.39, 0.29) is 42.8 Å². The van der Waals surface area contributed by atoms with Crippen LogP contribution in [0.4, 0.5) is 15.9 Å². The van der Waals surface area contributed by atoms with Gasteiger partial charge in [0.25, 0.3) is 0 Å². The minimum absolute atomic E-state index is 0.00347. The van der Waals surface area contributed by atoms with Crippen LogP contribution in [0.15, 0.2) is 30.3 Å². The number of anilines is 2. The van der Waals surface area contributed by atoms with Gasteiger partial charge in [-0.1, -0.05) is 0 Å². The predicted molar refractivity (Wildman–Crippen MR) is 115 cm³/mol. The standard InChI is InChI=1S/C22H28FN5O3/c1-14(2)31-13-22(30)27(4)12-20-25-18(10-19(24-3)26-20)15-9-21(29)28(11-15)17-7-5-16(23)6-8-17/h5-8,10,14-15H,9,11-13H2,1-4H3,(H,24,25,26). The van der Waals surface area contributed by atoms with Crippen molar-refractivity contribution < 1.29 is 18.7 Å². The summed E-state index contributed by atoms with van der Waals surface area (Å²) in [4.78, 5) is 37.1. The maximum Gasteiger partial charge on any atom is 0.248 e. The maximum absolute atomic E-state index is 13.2. The van der Waals surface area contributed by atoms with Gasteiger partial charge in [0.2, 0.25) is 11.8 Å². The van der Waals surface area contributed by atoms with Gasteiger partial charge in [-0.2, -0.15) is 0 Å². The van der Waals surface area contributed by atoms with Crippen molar-refractivity contribution in [3.63, 3.8) is 0 Å². The van der Waals surface area contributed by atoms with Gasteiger partial charge in [-0.15, -0.1) is 0 Å². The van der Waals surface area contributed by atoms with Crippen molar-refractivity contribution in [2.75, 3.05) is 37.5 Å². The highest BCUT2D eigenvalue weighted by Crippen LogP contribution is 2.31. The maximum atomic E-state index is 13.2. The van der Waals surface area contributed by atoms with Crippen molar-refractivity contribution in [1.82, 2.24) is 14.9 Å². The Morgan fingerprint density at radius 3 is 2.68 bits per heavy atom. The van der Waals surface area contributed by atoms with Crippen LogP contribution >= 0.6 is 0 Å². The monoisotopic (exact) mass is 429 g/mol. The molecule has 2 aromatic rings. The fraction of sp³-hybridized carbons (Fsp3) is 0.455. The highest BCUT2D eigenvalue weighted by atomic mass is 19.1. The smallest absolute Gasteiger partial charge is 0.248 e. The Morgan fingerprint density at radius 2 is 2.03 bits per heavy atom. The van der Waals surface area contributed by atoms with Crippen LogP contribution in [0.3, 0.4) is 0 Å². The number of carbonyl (C=O) groups excluding carboxylic acids is 2. The SMILES string of the molecule is CNc1cc(C2CC(=O)N(c3ccc(F)cc3)C2)nc(CN(C)C(=O)COC(C)C)n1. The lowest BCUT2D eigenvalue weighted by Gasteiger charge is -2.19. The van der Waals surface area contributed by atoms with Crippen LogP contribution in [-0.2, 0) is 20.9 Å². The van der Waals surface area contributed by atoms with E-state index in [0.717, 1.165) is 5.69 Å². The van der Waals surface area contributed by atoms with Crippen molar-refractivity contribution in [2.24, 2.45) is 0 Å². The highest BCUT2D eigenvalue weighted by Gasteiger charge is 2.33. The second-order valence-electron chi connectivity index (χ2n) is 7.84. The first-order valence-electron chi connectivity index (χ1n) is 10.2. The largest absolute Gasteiger partial charge is 0.373 e. The number of ether oxygens (including phenoxy) is 1. The molecule has 1 atom stereocenters. The van der Waals surface area contributed by atoms with Crippen LogP contribution in [0.5, 0.6) is 0 Å². The van der Waals surface area contributed by atoms with Gasteiger partial charge in [0.05, 0.1) is 18.3 Å². The minimum atomic E-state index is -0.344. The molecule has 1 unspecified atom stereocenters. The van der Waals surface area contributed by atoms with E-state index in [0.29, 0.717) is 30.3 Å². The molecule has 0 spiro atoms. The fourth-order valence-electron chi connectivity index (χ4n) is 3.35. The average molecular weight is 429 g/mol. The van der Waals surface area contributed by atoms with Crippen molar-refractivity contribution in [1.29, 1.82) is 0 Å². The topological polar surface area (TPSA) is 87.7 Å². The normalized spacial score (nSPS) is 16.1. The molecule has 1 N–H and O–H groups in total. The number of halogens is 1. The first kappa shape index (κ1) is 22.6. The molecule has 0 radical (unpaired) electrons. The molecular formula is C22H28FN5O3. The molecule has 31 heavy (non-hydrogen) atoms. The third-order valence-electron chi connectivity index (χ3n) is 5.07. The molecule has 0 aliphatic carbocycles. The molecule has 1 saturated heterocycles. The highest BCUT2D eigenvalue weighted by molar-refractivity contribution is 5.96. The molecule has 3 rings (SSSR count). The average Bonchev–Trinajstić information content (AvgIpc) is 3.13. The Labute approximate surface area is 181 Å².